The lowest BCUT2D eigenvalue weighted by Gasteiger charge is -2.35. The van der Waals surface area contributed by atoms with Gasteiger partial charge in [0.1, 0.15) is 0 Å². The van der Waals surface area contributed by atoms with Gasteiger partial charge in [-0.1, -0.05) is 12.1 Å². The number of halogens is 1. The minimum absolute atomic E-state index is 0.130. The van der Waals surface area contributed by atoms with Crippen LogP contribution in [0.5, 0.6) is 0 Å². The van der Waals surface area contributed by atoms with Gasteiger partial charge in [-0.15, -0.1) is 0 Å². The van der Waals surface area contributed by atoms with Crippen molar-refractivity contribution in [2.45, 2.75) is 25.7 Å². The number of nitrogens with one attached hydrogen (secondary N) is 1. The van der Waals surface area contributed by atoms with Crippen LogP contribution in [0.4, 0.5) is 11.4 Å². The molecule has 0 radical (unpaired) electrons. The Morgan fingerprint density at radius 3 is 2.62 bits per heavy atom. The number of benzene rings is 2. The van der Waals surface area contributed by atoms with Gasteiger partial charge in [0.2, 0.25) is 5.91 Å². The van der Waals surface area contributed by atoms with Crippen LogP contribution in [0.3, 0.4) is 0 Å². The first-order chi connectivity index (χ1) is 11.6. The molecule has 122 valence electrons. The third-order valence-corrected chi connectivity index (χ3v) is 5.34. The Kier molecular flexibility index (Phi) is 3.88. The summed E-state index contributed by atoms with van der Waals surface area (Å²) in [6, 6.07) is 11.4. The average molecular weight is 385 g/mol. The Hall–Kier alpha value is -2.14. The minimum Gasteiger partial charge on any atom is -0.322 e. The van der Waals surface area contributed by atoms with E-state index in [-0.39, 0.29) is 11.8 Å². The number of rotatable bonds is 2. The molecule has 2 aromatic carbocycles. The summed E-state index contributed by atoms with van der Waals surface area (Å²) in [6.45, 7) is 0.807. The van der Waals surface area contributed by atoms with Crippen molar-refractivity contribution in [1.82, 2.24) is 0 Å². The van der Waals surface area contributed by atoms with E-state index in [0.29, 0.717) is 12.0 Å². The maximum Gasteiger partial charge on any atom is 0.256 e. The standard InChI is InChI=1S/C19H17BrN2O2/c20-16-6-2-1-5-15(16)19(24)21-14-10-12-4-3-9-22-17(23)8-7-13(11-14)18(12)22/h1-2,5-6,10-11H,3-4,7-9H2,(H,21,24). The second-order valence-corrected chi connectivity index (χ2v) is 7.08. The Balaban J connectivity index is 1.67. The number of carbonyl (C=O) groups is 2. The van der Waals surface area contributed by atoms with Crippen LogP contribution < -0.4 is 10.2 Å². The van der Waals surface area contributed by atoms with Gasteiger partial charge in [0.25, 0.3) is 5.91 Å². The first-order valence-corrected chi connectivity index (χ1v) is 8.95. The molecule has 0 fully saturated rings. The summed E-state index contributed by atoms with van der Waals surface area (Å²) in [5.41, 5.74) is 4.82. The highest BCUT2D eigenvalue weighted by atomic mass is 79.9. The fourth-order valence-electron chi connectivity index (χ4n) is 3.57. The van der Waals surface area contributed by atoms with Crippen molar-refractivity contribution in [2.75, 3.05) is 16.8 Å². The van der Waals surface area contributed by atoms with Crippen molar-refractivity contribution in [3.05, 3.63) is 57.6 Å². The Morgan fingerprint density at radius 2 is 1.83 bits per heavy atom. The summed E-state index contributed by atoms with van der Waals surface area (Å²) < 4.78 is 0.776. The number of hydrogen-bond donors (Lipinski definition) is 1. The number of hydrogen-bond acceptors (Lipinski definition) is 2. The molecule has 2 amide bonds. The van der Waals surface area contributed by atoms with Gasteiger partial charge in [-0.2, -0.15) is 0 Å². The van der Waals surface area contributed by atoms with Gasteiger partial charge in [-0.3, -0.25) is 9.59 Å². The van der Waals surface area contributed by atoms with Gasteiger partial charge in [0.15, 0.2) is 0 Å². The van der Waals surface area contributed by atoms with Gasteiger partial charge in [0, 0.05) is 23.1 Å². The van der Waals surface area contributed by atoms with Crippen molar-refractivity contribution >= 4 is 39.1 Å². The number of nitrogens with zero attached hydrogens (tertiary/aromatic N) is 1. The van der Waals surface area contributed by atoms with E-state index in [9.17, 15) is 9.59 Å². The van der Waals surface area contributed by atoms with E-state index in [4.69, 9.17) is 0 Å². The lowest BCUT2D eigenvalue weighted by molar-refractivity contribution is -0.119. The summed E-state index contributed by atoms with van der Waals surface area (Å²) in [4.78, 5) is 26.6. The van der Waals surface area contributed by atoms with Crippen LogP contribution in [0, 0.1) is 0 Å². The second-order valence-electron chi connectivity index (χ2n) is 6.23. The molecule has 0 saturated heterocycles. The summed E-state index contributed by atoms with van der Waals surface area (Å²) >= 11 is 3.42. The maximum atomic E-state index is 12.5. The van der Waals surface area contributed by atoms with Crippen molar-refractivity contribution < 1.29 is 9.59 Å². The predicted molar refractivity (Wildman–Crippen MR) is 97.5 cm³/mol. The molecule has 2 aliphatic rings. The summed E-state index contributed by atoms with van der Waals surface area (Å²) in [5.74, 6) is 0.0858. The van der Waals surface area contributed by atoms with Crippen LogP contribution in [0.1, 0.15) is 34.3 Å². The minimum atomic E-state index is -0.130. The number of carbonyl (C=O) groups excluding carboxylic acids is 2. The maximum absolute atomic E-state index is 12.5. The van der Waals surface area contributed by atoms with Crippen LogP contribution in [-0.4, -0.2) is 18.4 Å². The fraction of sp³-hybridized carbons (Fsp3) is 0.263. The monoisotopic (exact) mass is 384 g/mol. The Bertz CT molecular complexity index is 830. The predicted octanol–water partition coefficient (Wildman–Crippen LogP) is 3.93. The molecule has 0 spiro atoms. The highest BCUT2D eigenvalue weighted by Gasteiger charge is 2.29. The lowest BCUT2D eigenvalue weighted by atomic mass is 9.91. The van der Waals surface area contributed by atoms with Crippen LogP contribution in [0.25, 0.3) is 0 Å². The first-order valence-electron chi connectivity index (χ1n) is 8.15. The summed E-state index contributed by atoms with van der Waals surface area (Å²) in [6.07, 6.45) is 3.22. The number of anilines is 2. The van der Waals surface area contributed by atoms with Gasteiger partial charge in [-0.25, -0.2) is 0 Å². The molecule has 4 nitrogen and oxygen atoms in total. The molecule has 5 heteroatoms. The zero-order valence-corrected chi connectivity index (χ0v) is 14.7. The van der Waals surface area contributed by atoms with E-state index in [1.165, 1.54) is 0 Å². The molecule has 24 heavy (non-hydrogen) atoms. The smallest absolute Gasteiger partial charge is 0.256 e. The fourth-order valence-corrected chi connectivity index (χ4v) is 4.03. The van der Waals surface area contributed by atoms with Crippen molar-refractivity contribution in [3.63, 3.8) is 0 Å². The molecule has 0 saturated carbocycles. The molecule has 4 rings (SSSR count). The second kappa shape index (κ2) is 6.06. The topological polar surface area (TPSA) is 49.4 Å². The molecule has 0 aliphatic carbocycles. The van der Waals surface area contributed by atoms with Gasteiger partial charge >= 0.3 is 0 Å². The van der Waals surface area contributed by atoms with Crippen molar-refractivity contribution in [2.24, 2.45) is 0 Å². The lowest BCUT2D eigenvalue weighted by Crippen LogP contribution is -2.39. The number of aryl methyl sites for hydroxylation is 2. The van der Waals surface area contributed by atoms with Crippen LogP contribution in [0.15, 0.2) is 40.9 Å². The zero-order chi connectivity index (χ0) is 16.7. The van der Waals surface area contributed by atoms with Crippen molar-refractivity contribution in [3.8, 4) is 0 Å². The Morgan fingerprint density at radius 1 is 1.08 bits per heavy atom. The molecule has 0 bridgehead atoms. The van der Waals surface area contributed by atoms with E-state index in [2.05, 4.69) is 21.2 Å². The van der Waals surface area contributed by atoms with Crippen LogP contribution in [0.2, 0.25) is 0 Å². The van der Waals surface area contributed by atoms with Crippen LogP contribution in [-0.2, 0) is 17.6 Å². The van der Waals surface area contributed by atoms with Gasteiger partial charge in [0.05, 0.1) is 11.3 Å². The largest absolute Gasteiger partial charge is 0.322 e. The molecular weight excluding hydrogens is 368 g/mol. The normalized spacial score (nSPS) is 15.9. The molecule has 2 aliphatic heterocycles. The molecule has 0 unspecified atom stereocenters. The molecular formula is C19H17BrN2O2. The van der Waals surface area contributed by atoms with E-state index >= 15 is 0 Å². The molecule has 1 N–H and O–H groups in total. The first kappa shape index (κ1) is 15.4. The van der Waals surface area contributed by atoms with E-state index < -0.39 is 0 Å². The van der Waals surface area contributed by atoms with Crippen LogP contribution >= 0.6 is 15.9 Å². The molecule has 2 heterocycles. The van der Waals surface area contributed by atoms with E-state index in [1.807, 2.05) is 35.2 Å². The Labute approximate surface area is 149 Å². The average Bonchev–Trinajstić information content (AvgIpc) is 2.58. The van der Waals surface area contributed by atoms with Crippen molar-refractivity contribution in [1.29, 1.82) is 0 Å². The summed E-state index contributed by atoms with van der Waals surface area (Å²) in [5, 5.41) is 3.00. The third kappa shape index (κ3) is 2.63. The number of amides is 2. The van der Waals surface area contributed by atoms with E-state index in [0.717, 1.165) is 52.8 Å². The molecule has 0 atom stereocenters. The SMILES string of the molecule is O=C(Nc1cc2c3c(c1)CCC(=O)N3CCC2)c1ccccc1Br. The highest BCUT2D eigenvalue weighted by Crippen LogP contribution is 2.38. The van der Waals surface area contributed by atoms with E-state index in [1.54, 1.807) is 6.07 Å². The summed E-state index contributed by atoms with van der Waals surface area (Å²) in [7, 11) is 0. The van der Waals surface area contributed by atoms with Gasteiger partial charge < -0.3 is 10.2 Å². The highest BCUT2D eigenvalue weighted by molar-refractivity contribution is 9.10. The molecule has 2 aromatic rings. The van der Waals surface area contributed by atoms with Gasteiger partial charge in [-0.05, 0) is 70.6 Å². The molecule has 0 aromatic heterocycles. The third-order valence-electron chi connectivity index (χ3n) is 4.65. The zero-order valence-electron chi connectivity index (χ0n) is 13.1. The quantitative estimate of drug-likeness (QED) is 0.852.